The van der Waals surface area contributed by atoms with Gasteiger partial charge in [-0.1, -0.05) is 6.07 Å². The number of nitrogens with zero attached hydrogens (tertiary/aromatic N) is 1. The van der Waals surface area contributed by atoms with E-state index < -0.39 is 11.6 Å². The molecule has 0 saturated carbocycles. The molecule has 6 heteroatoms. The molecule has 1 heterocycles. The van der Waals surface area contributed by atoms with E-state index in [0.29, 0.717) is 18.5 Å². The van der Waals surface area contributed by atoms with Gasteiger partial charge in [0, 0.05) is 43.9 Å². The number of amides is 1. The van der Waals surface area contributed by atoms with Crippen LogP contribution in [-0.2, 0) is 11.3 Å². The van der Waals surface area contributed by atoms with Crippen molar-refractivity contribution in [3.63, 3.8) is 0 Å². The van der Waals surface area contributed by atoms with Crippen LogP contribution in [0.25, 0.3) is 0 Å². The van der Waals surface area contributed by atoms with Crippen molar-refractivity contribution in [2.24, 2.45) is 0 Å². The zero-order valence-electron chi connectivity index (χ0n) is 13.2. The van der Waals surface area contributed by atoms with Crippen LogP contribution in [0.3, 0.4) is 0 Å². The smallest absolute Gasteiger partial charge is 0.237 e. The Morgan fingerprint density at radius 2 is 2.14 bits per heavy atom. The van der Waals surface area contributed by atoms with Gasteiger partial charge in [-0.3, -0.25) is 9.69 Å². The van der Waals surface area contributed by atoms with Crippen molar-refractivity contribution in [3.8, 4) is 0 Å². The monoisotopic (exact) mass is 311 g/mol. The predicted octanol–water partition coefficient (Wildman–Crippen LogP) is 1.65. The van der Waals surface area contributed by atoms with E-state index in [9.17, 15) is 13.6 Å². The minimum absolute atomic E-state index is 0.00552. The number of hydrogen-bond donors (Lipinski definition) is 2. The van der Waals surface area contributed by atoms with Gasteiger partial charge in [-0.25, -0.2) is 8.78 Å². The fourth-order valence-corrected chi connectivity index (χ4v) is 2.92. The molecule has 4 nitrogen and oxygen atoms in total. The molecule has 0 bridgehead atoms. The van der Waals surface area contributed by atoms with E-state index in [1.807, 2.05) is 0 Å². The first-order valence-corrected chi connectivity index (χ1v) is 7.57. The number of likely N-dealkylation sites (tertiary alicyclic amines) is 1. The van der Waals surface area contributed by atoms with Crippen LogP contribution < -0.4 is 10.6 Å². The minimum Gasteiger partial charge on any atom is -0.358 e. The number of carbonyl (C=O) groups excluding carboxylic acids is 1. The summed E-state index contributed by atoms with van der Waals surface area (Å²) in [5.74, 6) is -1.12. The van der Waals surface area contributed by atoms with E-state index in [1.165, 1.54) is 12.1 Å². The number of likely N-dealkylation sites (N-methyl/N-ethyl adjacent to an activating group) is 1. The van der Waals surface area contributed by atoms with E-state index in [1.54, 1.807) is 7.05 Å². The summed E-state index contributed by atoms with van der Waals surface area (Å²) in [5.41, 5.74) is 0.431. The molecule has 1 amide bonds. The van der Waals surface area contributed by atoms with E-state index in [2.05, 4.69) is 29.4 Å². The third-order valence-corrected chi connectivity index (χ3v) is 4.15. The van der Waals surface area contributed by atoms with Crippen molar-refractivity contribution in [2.45, 2.75) is 44.9 Å². The summed E-state index contributed by atoms with van der Waals surface area (Å²) in [4.78, 5) is 14.1. The highest BCUT2D eigenvalue weighted by atomic mass is 19.1. The molecule has 2 atom stereocenters. The Morgan fingerprint density at radius 1 is 1.41 bits per heavy atom. The summed E-state index contributed by atoms with van der Waals surface area (Å²) in [5, 5.41) is 5.96. The van der Waals surface area contributed by atoms with Gasteiger partial charge in [0.25, 0.3) is 0 Å². The molecule has 2 N–H and O–H groups in total. The van der Waals surface area contributed by atoms with E-state index in [4.69, 9.17) is 0 Å². The van der Waals surface area contributed by atoms with Gasteiger partial charge in [0.05, 0.1) is 6.04 Å². The number of rotatable bonds is 5. The first-order valence-electron chi connectivity index (χ1n) is 7.57. The second kappa shape index (κ2) is 7.15. The highest BCUT2D eigenvalue weighted by Gasteiger charge is 2.37. The molecule has 1 aromatic carbocycles. The molecule has 0 radical (unpaired) electrons. The average molecular weight is 311 g/mol. The van der Waals surface area contributed by atoms with Gasteiger partial charge < -0.3 is 10.6 Å². The molecule has 1 aliphatic rings. The van der Waals surface area contributed by atoms with E-state index in [-0.39, 0.29) is 24.0 Å². The Labute approximate surface area is 129 Å². The van der Waals surface area contributed by atoms with Gasteiger partial charge in [-0.15, -0.1) is 0 Å². The molecule has 1 saturated heterocycles. The third kappa shape index (κ3) is 3.81. The first kappa shape index (κ1) is 16.8. The van der Waals surface area contributed by atoms with Crippen LogP contribution in [0.2, 0.25) is 0 Å². The molecule has 1 fully saturated rings. The fraction of sp³-hybridized carbons (Fsp3) is 0.562. The lowest BCUT2D eigenvalue weighted by molar-refractivity contribution is -0.125. The van der Waals surface area contributed by atoms with Crippen LogP contribution in [0, 0.1) is 11.6 Å². The standard InChI is InChI=1S/C16H23F2N3O/c1-10(2)21-9-13(7-15(21)16(22)19-3)20-8-11-4-5-12(17)6-14(11)18/h4-6,10,13,15,20H,7-9H2,1-3H3,(H,19,22)/t13-,15+/m1/s1. The topological polar surface area (TPSA) is 44.4 Å². The summed E-state index contributed by atoms with van der Waals surface area (Å²) < 4.78 is 26.5. The maximum atomic E-state index is 13.6. The van der Waals surface area contributed by atoms with Crippen molar-refractivity contribution in [2.75, 3.05) is 13.6 Å². The molecule has 22 heavy (non-hydrogen) atoms. The lowest BCUT2D eigenvalue weighted by Crippen LogP contribution is -2.45. The summed E-state index contributed by atoms with van der Waals surface area (Å²) in [6, 6.07) is 3.79. The summed E-state index contributed by atoms with van der Waals surface area (Å²) in [6.45, 7) is 5.16. The van der Waals surface area contributed by atoms with Gasteiger partial charge in [0.1, 0.15) is 11.6 Å². The Bertz CT molecular complexity index is 536. The predicted molar refractivity (Wildman–Crippen MR) is 81.3 cm³/mol. The zero-order chi connectivity index (χ0) is 16.3. The van der Waals surface area contributed by atoms with Crippen LogP contribution in [0.4, 0.5) is 8.78 Å². The zero-order valence-corrected chi connectivity index (χ0v) is 13.2. The Hall–Kier alpha value is -1.53. The van der Waals surface area contributed by atoms with E-state index >= 15 is 0 Å². The highest BCUT2D eigenvalue weighted by molar-refractivity contribution is 5.81. The second-order valence-electron chi connectivity index (χ2n) is 5.97. The molecular formula is C16H23F2N3O. The second-order valence-corrected chi connectivity index (χ2v) is 5.97. The number of carbonyl (C=O) groups is 1. The summed E-state index contributed by atoms with van der Waals surface area (Å²) in [7, 11) is 1.63. The average Bonchev–Trinajstić information content (AvgIpc) is 2.90. The lowest BCUT2D eigenvalue weighted by atomic mass is 10.1. The number of halogens is 2. The molecule has 1 aliphatic heterocycles. The molecule has 122 valence electrons. The third-order valence-electron chi connectivity index (χ3n) is 4.15. The van der Waals surface area contributed by atoms with Crippen molar-refractivity contribution in [3.05, 3.63) is 35.4 Å². The van der Waals surface area contributed by atoms with Crippen LogP contribution in [-0.4, -0.2) is 42.5 Å². The number of nitrogens with one attached hydrogen (secondary N) is 2. The lowest BCUT2D eigenvalue weighted by Gasteiger charge is -2.26. The van der Waals surface area contributed by atoms with Crippen LogP contribution in [0.1, 0.15) is 25.8 Å². The van der Waals surface area contributed by atoms with Gasteiger partial charge >= 0.3 is 0 Å². The van der Waals surface area contributed by atoms with Crippen molar-refractivity contribution in [1.82, 2.24) is 15.5 Å². The summed E-state index contributed by atoms with van der Waals surface area (Å²) in [6.07, 6.45) is 0.681. The van der Waals surface area contributed by atoms with Crippen molar-refractivity contribution >= 4 is 5.91 Å². The SMILES string of the molecule is CNC(=O)[C@@H]1C[C@@H](NCc2ccc(F)cc2F)CN1C(C)C. The largest absolute Gasteiger partial charge is 0.358 e. The molecule has 2 rings (SSSR count). The molecule has 0 aliphatic carbocycles. The Balaban J connectivity index is 1.98. The van der Waals surface area contributed by atoms with Gasteiger partial charge in [0.2, 0.25) is 5.91 Å². The summed E-state index contributed by atoms with van der Waals surface area (Å²) >= 11 is 0. The number of hydrogen-bond acceptors (Lipinski definition) is 3. The Kier molecular flexibility index (Phi) is 5.47. The Morgan fingerprint density at radius 3 is 2.73 bits per heavy atom. The van der Waals surface area contributed by atoms with Gasteiger partial charge in [-0.05, 0) is 26.3 Å². The highest BCUT2D eigenvalue weighted by Crippen LogP contribution is 2.21. The minimum atomic E-state index is -0.576. The van der Waals surface area contributed by atoms with Crippen LogP contribution in [0.15, 0.2) is 18.2 Å². The maximum absolute atomic E-state index is 13.6. The van der Waals surface area contributed by atoms with Crippen molar-refractivity contribution in [1.29, 1.82) is 0 Å². The normalized spacial score (nSPS) is 22.3. The molecule has 1 aromatic rings. The van der Waals surface area contributed by atoms with Gasteiger partial charge in [0.15, 0.2) is 0 Å². The van der Waals surface area contributed by atoms with Crippen molar-refractivity contribution < 1.29 is 13.6 Å². The maximum Gasteiger partial charge on any atom is 0.237 e. The quantitative estimate of drug-likeness (QED) is 0.869. The van der Waals surface area contributed by atoms with E-state index in [0.717, 1.165) is 12.6 Å². The first-order chi connectivity index (χ1) is 10.4. The molecular weight excluding hydrogens is 288 g/mol. The van der Waals surface area contributed by atoms with Crippen LogP contribution in [0.5, 0.6) is 0 Å². The molecule has 0 aromatic heterocycles. The molecule has 0 spiro atoms. The number of benzene rings is 1. The molecule has 0 unspecified atom stereocenters. The van der Waals surface area contributed by atoms with Crippen LogP contribution >= 0.6 is 0 Å². The van der Waals surface area contributed by atoms with Gasteiger partial charge in [-0.2, -0.15) is 0 Å². The fourth-order valence-electron chi connectivity index (χ4n) is 2.92.